The summed E-state index contributed by atoms with van der Waals surface area (Å²) in [6, 6.07) is 20.7. The van der Waals surface area contributed by atoms with Gasteiger partial charge in [0.1, 0.15) is 0 Å². The number of aliphatic hydroxyl groups is 2. The number of rotatable bonds is 3. The Morgan fingerprint density at radius 1 is 0.700 bits per heavy atom. The van der Waals surface area contributed by atoms with Crippen molar-refractivity contribution < 1.29 is 19.8 Å². The summed E-state index contributed by atoms with van der Waals surface area (Å²) in [5, 5.41) is 22.5. The van der Waals surface area contributed by atoms with Crippen molar-refractivity contribution in [3.63, 3.8) is 0 Å². The van der Waals surface area contributed by atoms with Crippen molar-refractivity contribution in [1.29, 1.82) is 0 Å². The molecule has 0 saturated heterocycles. The first-order valence-electron chi connectivity index (χ1n) is 9.96. The topological polar surface area (TPSA) is 74.6 Å². The van der Waals surface area contributed by atoms with Crippen molar-refractivity contribution in [2.24, 2.45) is 0 Å². The minimum absolute atomic E-state index is 0.102. The van der Waals surface area contributed by atoms with Gasteiger partial charge in [-0.15, -0.1) is 0 Å². The van der Waals surface area contributed by atoms with Crippen LogP contribution in [0.4, 0.5) is 0 Å². The van der Waals surface area contributed by atoms with E-state index in [1.54, 1.807) is 6.08 Å². The van der Waals surface area contributed by atoms with Crippen molar-refractivity contribution in [2.45, 2.75) is 24.0 Å². The molecule has 0 radical (unpaired) electrons. The summed E-state index contributed by atoms with van der Waals surface area (Å²) in [6.45, 7) is 0. The van der Waals surface area contributed by atoms with E-state index < -0.39 is 24.0 Å². The third-order valence-corrected chi connectivity index (χ3v) is 6.03. The largest absolute Gasteiger partial charge is 0.388 e. The zero-order valence-corrected chi connectivity index (χ0v) is 16.1. The average Bonchev–Trinajstić information content (AvgIpc) is 3.25. The molecule has 2 N–H and O–H groups in total. The molecule has 2 aliphatic carbocycles. The van der Waals surface area contributed by atoms with Gasteiger partial charge in [0, 0.05) is 5.57 Å². The molecule has 0 fully saturated rings. The van der Waals surface area contributed by atoms with Crippen LogP contribution in [0.25, 0.3) is 16.3 Å². The fourth-order valence-electron chi connectivity index (χ4n) is 4.48. The second kappa shape index (κ2) is 7.17. The highest BCUT2D eigenvalue weighted by atomic mass is 16.3. The zero-order chi connectivity index (χ0) is 20.8. The van der Waals surface area contributed by atoms with Crippen LogP contribution in [0.15, 0.2) is 85.0 Å². The quantitative estimate of drug-likeness (QED) is 0.710. The predicted octanol–water partition coefficient (Wildman–Crippen LogP) is 3.53. The van der Waals surface area contributed by atoms with Crippen molar-refractivity contribution in [1.82, 2.24) is 0 Å². The normalized spacial score (nSPS) is 25.9. The summed E-state index contributed by atoms with van der Waals surface area (Å²) in [6.07, 6.45) is 2.87. The molecule has 4 atom stereocenters. The standard InChI is InChI=1S/C26H20O4/c27-21-10-11-22(28)24(21)18-9-7-15-6-8-17(12-19(15)13-18)20-14-23(29)25(26(20)30)16-4-2-1-3-5-16/h1-14,21,23-25,27,29H/t21-,23-,24?,25?/m0/s1. The fraction of sp³-hybridized carbons (Fsp3) is 0.154. The number of carbonyl (C=O) groups is 2. The number of ketones is 2. The lowest BCUT2D eigenvalue weighted by Crippen LogP contribution is -2.18. The molecular formula is C26H20O4. The van der Waals surface area contributed by atoms with Crippen LogP contribution in [-0.2, 0) is 9.59 Å². The molecule has 5 rings (SSSR count). The maximum Gasteiger partial charge on any atom is 0.173 e. The molecule has 0 amide bonds. The first kappa shape index (κ1) is 18.7. The minimum Gasteiger partial charge on any atom is -0.388 e. The molecule has 3 aromatic carbocycles. The first-order chi connectivity index (χ1) is 14.5. The lowest BCUT2D eigenvalue weighted by atomic mass is 9.89. The number of benzene rings is 3. The van der Waals surface area contributed by atoms with E-state index in [1.165, 1.54) is 12.2 Å². The Labute approximate surface area is 173 Å². The molecule has 0 spiro atoms. The molecule has 2 aliphatic rings. The second-order valence-corrected chi connectivity index (χ2v) is 7.87. The number of hydrogen-bond acceptors (Lipinski definition) is 4. The maximum atomic E-state index is 13.1. The van der Waals surface area contributed by atoms with E-state index in [2.05, 4.69) is 0 Å². The molecule has 4 heteroatoms. The summed E-state index contributed by atoms with van der Waals surface area (Å²) < 4.78 is 0. The van der Waals surface area contributed by atoms with Crippen LogP contribution in [0.1, 0.15) is 28.5 Å². The molecule has 4 nitrogen and oxygen atoms in total. The van der Waals surface area contributed by atoms with Gasteiger partial charge in [-0.1, -0.05) is 66.7 Å². The van der Waals surface area contributed by atoms with Crippen LogP contribution < -0.4 is 0 Å². The molecule has 30 heavy (non-hydrogen) atoms. The summed E-state index contributed by atoms with van der Waals surface area (Å²) in [5.74, 6) is -1.40. The molecule has 0 bridgehead atoms. The lowest BCUT2D eigenvalue weighted by Gasteiger charge is -2.15. The van der Waals surface area contributed by atoms with Gasteiger partial charge >= 0.3 is 0 Å². The summed E-state index contributed by atoms with van der Waals surface area (Å²) in [5.41, 5.74) is 2.78. The predicted molar refractivity (Wildman–Crippen MR) is 115 cm³/mol. The summed E-state index contributed by atoms with van der Waals surface area (Å²) >= 11 is 0. The van der Waals surface area contributed by atoms with E-state index in [0.717, 1.165) is 27.5 Å². The van der Waals surface area contributed by atoms with E-state index in [9.17, 15) is 19.8 Å². The Balaban J connectivity index is 1.51. The van der Waals surface area contributed by atoms with Gasteiger partial charge in [-0.2, -0.15) is 0 Å². The van der Waals surface area contributed by atoms with Crippen LogP contribution in [0.3, 0.4) is 0 Å². The molecule has 0 aliphatic heterocycles. The van der Waals surface area contributed by atoms with Gasteiger partial charge in [0.25, 0.3) is 0 Å². The Morgan fingerprint density at radius 2 is 1.47 bits per heavy atom. The fourth-order valence-corrected chi connectivity index (χ4v) is 4.48. The van der Waals surface area contributed by atoms with Gasteiger partial charge < -0.3 is 10.2 Å². The van der Waals surface area contributed by atoms with Gasteiger partial charge in [0.15, 0.2) is 11.6 Å². The van der Waals surface area contributed by atoms with Gasteiger partial charge in [-0.05, 0) is 45.7 Å². The van der Waals surface area contributed by atoms with Crippen LogP contribution in [0.5, 0.6) is 0 Å². The smallest absolute Gasteiger partial charge is 0.173 e. The number of fused-ring (bicyclic) bond motifs is 1. The highest BCUT2D eigenvalue weighted by Crippen LogP contribution is 2.37. The van der Waals surface area contributed by atoms with Gasteiger partial charge in [-0.3, -0.25) is 9.59 Å². The SMILES string of the molecule is O=C1C=C[C@H](O)C1c1ccc2ccc(C3=C[C@H](O)C(c4ccccc4)C3=O)cc2c1. The Hall–Kier alpha value is -3.34. The number of carbonyl (C=O) groups excluding carboxylic acids is 2. The number of aliphatic hydroxyl groups excluding tert-OH is 2. The van der Waals surface area contributed by atoms with E-state index in [-0.39, 0.29) is 11.6 Å². The number of allylic oxidation sites excluding steroid dienone is 2. The third-order valence-electron chi connectivity index (χ3n) is 6.03. The first-order valence-corrected chi connectivity index (χ1v) is 9.96. The second-order valence-electron chi connectivity index (χ2n) is 7.87. The van der Waals surface area contributed by atoms with Gasteiger partial charge in [0.2, 0.25) is 0 Å². The van der Waals surface area contributed by atoms with Crippen LogP contribution >= 0.6 is 0 Å². The molecule has 0 saturated carbocycles. The van der Waals surface area contributed by atoms with Gasteiger partial charge in [-0.25, -0.2) is 0 Å². The molecule has 148 valence electrons. The lowest BCUT2D eigenvalue weighted by molar-refractivity contribution is -0.117. The maximum absolute atomic E-state index is 13.1. The summed E-state index contributed by atoms with van der Waals surface area (Å²) in [7, 11) is 0. The van der Waals surface area contributed by atoms with Gasteiger partial charge in [0.05, 0.1) is 24.0 Å². The highest BCUT2D eigenvalue weighted by molar-refractivity contribution is 6.26. The van der Waals surface area contributed by atoms with Crippen molar-refractivity contribution in [2.75, 3.05) is 0 Å². The summed E-state index contributed by atoms with van der Waals surface area (Å²) in [4.78, 5) is 25.2. The third kappa shape index (κ3) is 3.02. The zero-order valence-electron chi connectivity index (χ0n) is 16.1. The monoisotopic (exact) mass is 396 g/mol. The van der Waals surface area contributed by atoms with E-state index >= 15 is 0 Å². The molecule has 3 aromatic rings. The molecular weight excluding hydrogens is 376 g/mol. The average molecular weight is 396 g/mol. The van der Waals surface area contributed by atoms with E-state index in [4.69, 9.17) is 0 Å². The molecule has 0 heterocycles. The van der Waals surface area contributed by atoms with Crippen molar-refractivity contribution in [3.8, 4) is 0 Å². The van der Waals surface area contributed by atoms with Crippen molar-refractivity contribution >= 4 is 27.9 Å². The number of hydrogen-bond donors (Lipinski definition) is 2. The number of Topliss-reactive ketones (excluding diaryl/α,β-unsaturated/α-hetero) is 1. The molecule has 2 unspecified atom stereocenters. The van der Waals surface area contributed by atoms with Crippen molar-refractivity contribution in [3.05, 3.63) is 102 Å². The molecule has 0 aromatic heterocycles. The van der Waals surface area contributed by atoms with Crippen LogP contribution in [-0.4, -0.2) is 34.0 Å². The van der Waals surface area contributed by atoms with E-state index in [0.29, 0.717) is 5.57 Å². The van der Waals surface area contributed by atoms with E-state index in [1.807, 2.05) is 66.7 Å². The van der Waals surface area contributed by atoms with Crippen LogP contribution in [0.2, 0.25) is 0 Å². The van der Waals surface area contributed by atoms with Crippen LogP contribution in [0, 0.1) is 0 Å². The Morgan fingerprint density at radius 3 is 2.20 bits per heavy atom. The Kier molecular flexibility index (Phi) is 4.46. The highest BCUT2D eigenvalue weighted by Gasteiger charge is 2.36. The Bertz CT molecular complexity index is 1220. The minimum atomic E-state index is -0.866.